The summed E-state index contributed by atoms with van der Waals surface area (Å²) in [6, 6.07) is 7.00. The number of carbonyl (C=O) groups excluding carboxylic acids is 1. The number of anilines is 3. The molecule has 3 rings (SSSR count). The Kier molecular flexibility index (Phi) is 8.68. The number of aromatic amines is 1. The van der Waals surface area contributed by atoms with Crippen molar-refractivity contribution in [3.63, 3.8) is 0 Å². The Balaban J connectivity index is 1.44. The van der Waals surface area contributed by atoms with Gasteiger partial charge in [-0.15, -0.1) is 0 Å². The average Bonchev–Trinajstić information content (AvgIpc) is 2.78. The van der Waals surface area contributed by atoms with E-state index in [1.807, 2.05) is 31.2 Å². The van der Waals surface area contributed by atoms with Crippen LogP contribution in [-0.4, -0.2) is 41.6 Å². The number of carbonyl (C=O) groups is 1. The number of hydrogen-bond donors (Lipinski definition) is 5. The molecule has 33 heavy (non-hydrogen) atoms. The van der Waals surface area contributed by atoms with Crippen LogP contribution in [0, 0.1) is 12.8 Å². The molecule has 1 aliphatic heterocycles. The summed E-state index contributed by atoms with van der Waals surface area (Å²) in [5.74, 6) is 0.939. The second-order valence-corrected chi connectivity index (χ2v) is 8.43. The number of nitrogens with two attached hydrogens (primary N) is 2. The van der Waals surface area contributed by atoms with Gasteiger partial charge in [-0.25, -0.2) is 9.78 Å². The molecule has 10 nitrogen and oxygen atoms in total. The lowest BCUT2D eigenvalue weighted by Gasteiger charge is -2.32. The summed E-state index contributed by atoms with van der Waals surface area (Å²) in [4.78, 5) is 37.8. The molecule has 1 saturated heterocycles. The van der Waals surface area contributed by atoms with Gasteiger partial charge < -0.3 is 21.7 Å². The number of nitrogens with one attached hydrogen (secondary N) is 3. The van der Waals surface area contributed by atoms with Gasteiger partial charge in [0.2, 0.25) is 5.95 Å². The largest absolute Gasteiger partial charge is 0.370 e. The van der Waals surface area contributed by atoms with Gasteiger partial charge in [0, 0.05) is 25.3 Å². The van der Waals surface area contributed by atoms with E-state index in [9.17, 15) is 9.59 Å². The number of urea groups is 1. The maximum Gasteiger partial charge on any atom is 0.326 e. The highest BCUT2D eigenvalue weighted by Gasteiger charge is 2.21. The fourth-order valence-corrected chi connectivity index (χ4v) is 4.04. The lowest BCUT2D eigenvalue weighted by Crippen LogP contribution is -2.37. The van der Waals surface area contributed by atoms with Crippen molar-refractivity contribution < 1.29 is 4.79 Å². The third-order valence-corrected chi connectivity index (χ3v) is 5.93. The van der Waals surface area contributed by atoms with Crippen LogP contribution in [0.25, 0.3) is 0 Å². The summed E-state index contributed by atoms with van der Waals surface area (Å²) in [6.45, 7) is 4.24. The quantitative estimate of drug-likeness (QED) is 0.223. The maximum atomic E-state index is 12.6. The fraction of sp³-hybridized carbons (Fsp3) is 0.478. The van der Waals surface area contributed by atoms with Crippen LogP contribution in [-0.2, 0) is 0 Å². The van der Waals surface area contributed by atoms with Crippen molar-refractivity contribution in [2.45, 2.75) is 45.4 Å². The number of aromatic nitrogens is 2. The maximum absolute atomic E-state index is 12.6. The van der Waals surface area contributed by atoms with Crippen molar-refractivity contribution in [3.8, 4) is 0 Å². The Morgan fingerprint density at radius 2 is 1.94 bits per heavy atom. The number of nitrogens with zero attached hydrogens (tertiary/aromatic N) is 3. The molecular formula is C23H34N8O2. The van der Waals surface area contributed by atoms with Crippen LogP contribution in [0.3, 0.4) is 0 Å². The van der Waals surface area contributed by atoms with Crippen LogP contribution in [0.5, 0.6) is 0 Å². The number of hydrogen-bond acceptors (Lipinski definition) is 5. The van der Waals surface area contributed by atoms with E-state index >= 15 is 0 Å². The van der Waals surface area contributed by atoms with E-state index in [0.717, 1.165) is 50.8 Å². The molecule has 2 aromatic rings. The van der Waals surface area contributed by atoms with E-state index in [4.69, 9.17) is 11.5 Å². The molecule has 1 aromatic heterocycles. The van der Waals surface area contributed by atoms with Gasteiger partial charge in [0.25, 0.3) is 5.56 Å². The Morgan fingerprint density at radius 1 is 1.18 bits per heavy atom. The van der Waals surface area contributed by atoms with Crippen LogP contribution in [0.1, 0.15) is 44.1 Å². The Hall–Kier alpha value is -3.56. The summed E-state index contributed by atoms with van der Waals surface area (Å²) in [6.07, 6.45) is 8.10. The van der Waals surface area contributed by atoms with Crippen molar-refractivity contribution in [2.24, 2.45) is 22.4 Å². The molecule has 178 valence electrons. The molecule has 0 atom stereocenters. The second kappa shape index (κ2) is 11.9. The summed E-state index contributed by atoms with van der Waals surface area (Å²) in [5, 5.41) is 5.34. The van der Waals surface area contributed by atoms with Crippen molar-refractivity contribution in [1.29, 1.82) is 0 Å². The fourth-order valence-electron chi connectivity index (χ4n) is 4.04. The first kappa shape index (κ1) is 24.1. The number of H-pyrrole nitrogens is 1. The van der Waals surface area contributed by atoms with Gasteiger partial charge in [-0.05, 0) is 43.7 Å². The summed E-state index contributed by atoms with van der Waals surface area (Å²) >= 11 is 0. The predicted octanol–water partition coefficient (Wildman–Crippen LogP) is 2.77. The zero-order valence-electron chi connectivity index (χ0n) is 19.1. The molecule has 10 heteroatoms. The van der Waals surface area contributed by atoms with Crippen molar-refractivity contribution in [1.82, 2.24) is 9.97 Å². The van der Waals surface area contributed by atoms with Crippen molar-refractivity contribution in [3.05, 3.63) is 46.4 Å². The molecule has 2 heterocycles. The van der Waals surface area contributed by atoms with Gasteiger partial charge in [0.05, 0.1) is 6.20 Å². The van der Waals surface area contributed by atoms with E-state index in [1.165, 1.54) is 12.6 Å². The molecule has 2 amide bonds. The van der Waals surface area contributed by atoms with E-state index in [-0.39, 0.29) is 17.5 Å². The highest BCUT2D eigenvalue weighted by Crippen LogP contribution is 2.25. The Labute approximate surface area is 193 Å². The lowest BCUT2D eigenvalue weighted by molar-refractivity contribution is 0.262. The molecule has 1 aliphatic rings. The number of guanidine groups is 1. The predicted molar refractivity (Wildman–Crippen MR) is 133 cm³/mol. The first-order valence-electron chi connectivity index (χ1n) is 11.5. The lowest BCUT2D eigenvalue weighted by atomic mass is 9.91. The first-order chi connectivity index (χ1) is 15.9. The second-order valence-electron chi connectivity index (χ2n) is 8.43. The van der Waals surface area contributed by atoms with Crippen LogP contribution in [0.15, 0.2) is 40.2 Å². The smallest absolute Gasteiger partial charge is 0.326 e. The molecule has 1 aromatic carbocycles. The minimum Gasteiger partial charge on any atom is -0.370 e. The summed E-state index contributed by atoms with van der Waals surface area (Å²) in [7, 11) is 0. The molecule has 0 radical (unpaired) electrons. The monoisotopic (exact) mass is 454 g/mol. The number of aryl methyl sites for hydroxylation is 1. The standard InChI is InChI=1S/C23H34N8O2/c1-16-7-4-5-9-18(16)28-23(33)30-22-27-15-19(20(32)29-22)31-13-10-17(11-14-31)8-3-2-6-12-26-21(24)25/h4-5,7,9,15,17H,2-3,6,8,10-14H2,1H3,(H4,24,25,26)(H3,27,28,29,30,32,33). The SMILES string of the molecule is Cc1ccccc1NC(=O)Nc1ncc(N2CCC(CCCCCN=C(N)N)CC2)c(=O)[nH]1. The van der Waals surface area contributed by atoms with Crippen LogP contribution >= 0.6 is 0 Å². The van der Waals surface area contributed by atoms with Crippen LogP contribution in [0.2, 0.25) is 0 Å². The number of piperidine rings is 1. The van der Waals surface area contributed by atoms with Gasteiger partial charge in [-0.3, -0.25) is 20.1 Å². The van der Waals surface area contributed by atoms with E-state index in [0.29, 0.717) is 23.8 Å². The van der Waals surface area contributed by atoms with Crippen LogP contribution in [0.4, 0.5) is 22.1 Å². The summed E-state index contributed by atoms with van der Waals surface area (Å²) < 4.78 is 0. The third-order valence-electron chi connectivity index (χ3n) is 5.93. The first-order valence-corrected chi connectivity index (χ1v) is 11.5. The molecule has 0 bridgehead atoms. The zero-order chi connectivity index (χ0) is 23.6. The topological polar surface area (TPSA) is 155 Å². The zero-order valence-corrected chi connectivity index (χ0v) is 19.1. The molecule has 0 aliphatic carbocycles. The Morgan fingerprint density at radius 3 is 2.64 bits per heavy atom. The van der Waals surface area contributed by atoms with Gasteiger partial charge in [0.15, 0.2) is 5.96 Å². The minimum atomic E-state index is -0.459. The van der Waals surface area contributed by atoms with Crippen LogP contribution < -0.4 is 32.6 Å². The minimum absolute atomic E-state index is 0.116. The van der Waals surface area contributed by atoms with E-state index < -0.39 is 6.03 Å². The van der Waals surface area contributed by atoms with E-state index in [2.05, 4.69) is 30.5 Å². The molecule has 0 unspecified atom stereocenters. The third kappa shape index (κ3) is 7.51. The number of para-hydroxylation sites is 1. The normalized spacial score (nSPS) is 14.0. The number of aliphatic imine (C=N–C) groups is 1. The van der Waals surface area contributed by atoms with Gasteiger partial charge >= 0.3 is 6.03 Å². The average molecular weight is 455 g/mol. The number of benzene rings is 1. The van der Waals surface area contributed by atoms with Gasteiger partial charge in [0.1, 0.15) is 5.69 Å². The molecule has 1 fully saturated rings. The number of amides is 2. The van der Waals surface area contributed by atoms with E-state index in [1.54, 1.807) is 0 Å². The molecule has 0 saturated carbocycles. The molecule has 7 N–H and O–H groups in total. The Bertz CT molecular complexity index is 1010. The highest BCUT2D eigenvalue weighted by molar-refractivity contribution is 5.99. The van der Waals surface area contributed by atoms with Crippen molar-refractivity contribution in [2.75, 3.05) is 35.2 Å². The molecule has 0 spiro atoms. The number of rotatable bonds is 9. The van der Waals surface area contributed by atoms with Gasteiger partial charge in [-0.1, -0.05) is 37.5 Å². The number of unbranched alkanes of at least 4 members (excludes halogenated alkanes) is 2. The van der Waals surface area contributed by atoms with Crippen molar-refractivity contribution >= 4 is 29.3 Å². The molecular weight excluding hydrogens is 420 g/mol. The van der Waals surface area contributed by atoms with Gasteiger partial charge in [-0.2, -0.15) is 0 Å². The summed E-state index contributed by atoms with van der Waals surface area (Å²) in [5.41, 5.74) is 12.6. The highest BCUT2D eigenvalue weighted by atomic mass is 16.2.